The van der Waals surface area contributed by atoms with Crippen molar-refractivity contribution in [2.45, 2.75) is 13.0 Å². The Balaban J connectivity index is 2.78. The number of hydrogen-bond donors (Lipinski definition) is 0. The fraction of sp³-hybridized carbons (Fsp3) is 0.273. The zero-order chi connectivity index (χ0) is 8.97. The molecule has 1 aromatic rings. The van der Waals surface area contributed by atoms with E-state index in [1.54, 1.807) is 0 Å². The quantitative estimate of drug-likeness (QED) is 0.659. The van der Waals surface area contributed by atoms with E-state index in [1.165, 1.54) is 5.56 Å². The van der Waals surface area contributed by atoms with Crippen molar-refractivity contribution in [2.24, 2.45) is 0 Å². The molecule has 1 heteroatoms. The van der Waals surface area contributed by atoms with Crippen LogP contribution >= 0.6 is 0 Å². The molecule has 0 fully saturated rings. The van der Waals surface area contributed by atoms with Gasteiger partial charge >= 0.3 is 0 Å². The summed E-state index contributed by atoms with van der Waals surface area (Å²) in [5.74, 6) is 0. The Morgan fingerprint density at radius 2 is 1.92 bits per heavy atom. The lowest BCUT2D eigenvalue weighted by Crippen LogP contribution is -2.15. The Labute approximate surface area is 74.3 Å². The Morgan fingerprint density at radius 3 is 2.42 bits per heavy atom. The molecule has 0 spiro atoms. The molecule has 1 atom stereocenters. The Morgan fingerprint density at radius 1 is 1.33 bits per heavy atom. The third kappa shape index (κ3) is 1.88. The Kier molecular flexibility index (Phi) is 2.92. The maximum atomic E-state index is 3.73. The van der Waals surface area contributed by atoms with Crippen LogP contribution < -0.4 is 0 Å². The van der Waals surface area contributed by atoms with E-state index < -0.39 is 0 Å². The summed E-state index contributed by atoms with van der Waals surface area (Å²) in [5.41, 5.74) is 1.32. The summed E-state index contributed by atoms with van der Waals surface area (Å²) in [4.78, 5) is 2.09. The predicted octanol–water partition coefficient (Wildman–Crippen LogP) is 2.82. The zero-order valence-corrected chi connectivity index (χ0v) is 7.70. The summed E-state index contributed by atoms with van der Waals surface area (Å²) in [7, 11) is 2.03. The van der Waals surface area contributed by atoms with E-state index in [0.29, 0.717) is 6.04 Å². The van der Waals surface area contributed by atoms with Crippen LogP contribution in [0.1, 0.15) is 18.5 Å². The van der Waals surface area contributed by atoms with Crippen molar-refractivity contribution in [3.8, 4) is 0 Å². The van der Waals surface area contributed by atoms with Gasteiger partial charge < -0.3 is 4.90 Å². The van der Waals surface area contributed by atoms with Gasteiger partial charge in [-0.25, -0.2) is 0 Å². The van der Waals surface area contributed by atoms with Crippen LogP contribution in [0.15, 0.2) is 43.1 Å². The molecule has 0 aromatic heterocycles. The van der Waals surface area contributed by atoms with Crippen molar-refractivity contribution < 1.29 is 0 Å². The minimum atomic E-state index is 0.406. The zero-order valence-electron chi connectivity index (χ0n) is 7.70. The highest BCUT2D eigenvalue weighted by Gasteiger charge is 2.05. The van der Waals surface area contributed by atoms with E-state index in [4.69, 9.17) is 0 Å². The number of hydrogen-bond acceptors (Lipinski definition) is 1. The van der Waals surface area contributed by atoms with Crippen molar-refractivity contribution in [1.29, 1.82) is 0 Å². The number of nitrogens with zero attached hydrogens (tertiary/aromatic N) is 1. The molecule has 0 N–H and O–H groups in total. The summed E-state index contributed by atoms with van der Waals surface area (Å²) in [6.45, 7) is 5.90. The largest absolute Gasteiger partial charge is 0.374 e. The third-order valence-corrected chi connectivity index (χ3v) is 2.18. The summed E-state index contributed by atoms with van der Waals surface area (Å²) in [5, 5.41) is 0. The minimum absolute atomic E-state index is 0.406. The van der Waals surface area contributed by atoms with E-state index in [0.717, 1.165) is 0 Å². The van der Waals surface area contributed by atoms with Crippen molar-refractivity contribution in [3.05, 3.63) is 48.7 Å². The van der Waals surface area contributed by atoms with Gasteiger partial charge in [0.05, 0.1) is 6.04 Å². The SMILES string of the molecule is C=CN(C)C(C)c1ccccc1. The molecule has 0 aliphatic carbocycles. The molecular formula is C11H15N. The minimum Gasteiger partial charge on any atom is -0.374 e. The normalized spacial score (nSPS) is 12.2. The monoisotopic (exact) mass is 161 g/mol. The lowest BCUT2D eigenvalue weighted by molar-refractivity contribution is 0.362. The maximum Gasteiger partial charge on any atom is 0.0505 e. The number of benzene rings is 1. The maximum absolute atomic E-state index is 3.73. The highest BCUT2D eigenvalue weighted by Crippen LogP contribution is 2.17. The van der Waals surface area contributed by atoms with Gasteiger partial charge in [-0.1, -0.05) is 36.9 Å². The fourth-order valence-electron chi connectivity index (χ4n) is 1.12. The van der Waals surface area contributed by atoms with Gasteiger partial charge in [-0.05, 0) is 18.7 Å². The third-order valence-electron chi connectivity index (χ3n) is 2.18. The Bertz CT molecular complexity index is 240. The van der Waals surface area contributed by atoms with E-state index in [-0.39, 0.29) is 0 Å². The summed E-state index contributed by atoms with van der Waals surface area (Å²) >= 11 is 0. The highest BCUT2D eigenvalue weighted by atomic mass is 15.1. The van der Waals surface area contributed by atoms with Crippen molar-refractivity contribution in [2.75, 3.05) is 7.05 Å². The lowest BCUT2D eigenvalue weighted by Gasteiger charge is -2.22. The standard InChI is InChI=1S/C11H15N/c1-4-12(3)10(2)11-8-6-5-7-9-11/h4-10H,1H2,2-3H3. The molecule has 1 aromatic carbocycles. The first-order valence-corrected chi connectivity index (χ1v) is 4.15. The first-order valence-electron chi connectivity index (χ1n) is 4.15. The topological polar surface area (TPSA) is 3.24 Å². The van der Waals surface area contributed by atoms with E-state index >= 15 is 0 Å². The molecule has 1 rings (SSSR count). The van der Waals surface area contributed by atoms with Gasteiger partial charge in [0.25, 0.3) is 0 Å². The second-order valence-corrected chi connectivity index (χ2v) is 2.93. The smallest absolute Gasteiger partial charge is 0.0505 e. The molecule has 0 saturated carbocycles. The molecule has 0 aliphatic heterocycles. The highest BCUT2D eigenvalue weighted by molar-refractivity contribution is 5.18. The van der Waals surface area contributed by atoms with Gasteiger partial charge in [0, 0.05) is 7.05 Å². The summed E-state index contributed by atoms with van der Waals surface area (Å²) in [6, 6.07) is 10.8. The molecule has 12 heavy (non-hydrogen) atoms. The van der Waals surface area contributed by atoms with Crippen LogP contribution in [0, 0.1) is 0 Å². The van der Waals surface area contributed by atoms with Gasteiger partial charge in [0.1, 0.15) is 0 Å². The van der Waals surface area contributed by atoms with Gasteiger partial charge in [-0.2, -0.15) is 0 Å². The molecule has 0 heterocycles. The summed E-state index contributed by atoms with van der Waals surface area (Å²) < 4.78 is 0. The molecule has 0 aliphatic rings. The van der Waals surface area contributed by atoms with Crippen molar-refractivity contribution in [1.82, 2.24) is 4.90 Å². The van der Waals surface area contributed by atoms with Gasteiger partial charge in [-0.15, -0.1) is 0 Å². The van der Waals surface area contributed by atoms with Crippen LogP contribution in [0.5, 0.6) is 0 Å². The molecule has 0 amide bonds. The molecular weight excluding hydrogens is 146 g/mol. The van der Waals surface area contributed by atoms with Gasteiger partial charge in [0.15, 0.2) is 0 Å². The molecule has 0 bridgehead atoms. The van der Waals surface area contributed by atoms with Gasteiger partial charge in [-0.3, -0.25) is 0 Å². The van der Waals surface area contributed by atoms with Crippen molar-refractivity contribution >= 4 is 0 Å². The van der Waals surface area contributed by atoms with Crippen LogP contribution in [0.25, 0.3) is 0 Å². The van der Waals surface area contributed by atoms with Crippen LogP contribution in [0.2, 0.25) is 0 Å². The fourth-order valence-corrected chi connectivity index (χ4v) is 1.12. The van der Waals surface area contributed by atoms with Crippen molar-refractivity contribution in [3.63, 3.8) is 0 Å². The lowest BCUT2D eigenvalue weighted by atomic mass is 10.1. The van der Waals surface area contributed by atoms with Crippen LogP contribution in [0.3, 0.4) is 0 Å². The molecule has 64 valence electrons. The summed E-state index contributed by atoms with van der Waals surface area (Å²) in [6.07, 6.45) is 1.84. The van der Waals surface area contributed by atoms with Crippen LogP contribution in [-0.2, 0) is 0 Å². The van der Waals surface area contributed by atoms with E-state index in [2.05, 4.69) is 42.7 Å². The number of rotatable bonds is 3. The molecule has 1 nitrogen and oxygen atoms in total. The second-order valence-electron chi connectivity index (χ2n) is 2.93. The molecule has 0 radical (unpaired) electrons. The Hall–Kier alpha value is -1.24. The predicted molar refractivity (Wildman–Crippen MR) is 52.8 cm³/mol. The van der Waals surface area contributed by atoms with Crippen LogP contribution in [-0.4, -0.2) is 11.9 Å². The first kappa shape index (κ1) is 8.85. The molecule has 1 unspecified atom stereocenters. The average Bonchev–Trinajstić information content (AvgIpc) is 2.17. The first-order chi connectivity index (χ1) is 5.75. The van der Waals surface area contributed by atoms with Gasteiger partial charge in [0.2, 0.25) is 0 Å². The second kappa shape index (κ2) is 3.96. The average molecular weight is 161 g/mol. The van der Waals surface area contributed by atoms with Crippen LogP contribution in [0.4, 0.5) is 0 Å². The van der Waals surface area contributed by atoms with E-state index in [1.807, 2.05) is 19.3 Å². The van der Waals surface area contributed by atoms with E-state index in [9.17, 15) is 0 Å². The molecule has 0 saturated heterocycles.